The van der Waals surface area contributed by atoms with E-state index in [9.17, 15) is 4.79 Å². The number of nitrogen functional groups attached to an aromatic ring is 1. The Kier molecular flexibility index (Phi) is 4.05. The first-order chi connectivity index (χ1) is 9.50. The van der Waals surface area contributed by atoms with E-state index in [0.29, 0.717) is 17.1 Å². The molecule has 0 bridgehead atoms. The molecule has 20 heavy (non-hydrogen) atoms. The van der Waals surface area contributed by atoms with Gasteiger partial charge >= 0.3 is 0 Å². The average molecular weight is 273 g/mol. The molecule has 1 heterocycles. The van der Waals surface area contributed by atoms with Gasteiger partial charge in [0.2, 0.25) is 0 Å². The van der Waals surface area contributed by atoms with Gasteiger partial charge in [-0.15, -0.1) is 0 Å². The standard InChI is InChI=1S/C14H19N5O/c1-9(2)16-17-14(20)12-10(3)13(15)19(18-12)11-7-5-4-6-8-11/h4-9,16H,15H2,1-3H3,(H,17,20). The molecule has 2 rings (SSSR count). The number of carbonyl (C=O) groups excluding carboxylic acids is 1. The molecule has 0 aliphatic carbocycles. The maximum atomic E-state index is 12.1. The summed E-state index contributed by atoms with van der Waals surface area (Å²) in [7, 11) is 0. The van der Waals surface area contributed by atoms with Crippen molar-refractivity contribution in [3.8, 4) is 5.69 Å². The van der Waals surface area contributed by atoms with Crippen molar-refractivity contribution in [1.82, 2.24) is 20.6 Å². The number of nitrogens with one attached hydrogen (secondary N) is 2. The Morgan fingerprint density at radius 2 is 1.95 bits per heavy atom. The van der Waals surface area contributed by atoms with Crippen LogP contribution in [0.5, 0.6) is 0 Å². The van der Waals surface area contributed by atoms with E-state index < -0.39 is 0 Å². The lowest BCUT2D eigenvalue weighted by Gasteiger charge is -2.08. The molecule has 1 aromatic heterocycles. The average Bonchev–Trinajstić information content (AvgIpc) is 2.74. The highest BCUT2D eigenvalue weighted by molar-refractivity contribution is 5.94. The number of rotatable bonds is 4. The molecule has 106 valence electrons. The van der Waals surface area contributed by atoms with Crippen LogP contribution in [0.15, 0.2) is 30.3 Å². The van der Waals surface area contributed by atoms with Crippen LogP contribution in [0.4, 0.5) is 5.82 Å². The number of amides is 1. The van der Waals surface area contributed by atoms with Gasteiger partial charge in [0.25, 0.3) is 5.91 Å². The molecule has 1 aromatic carbocycles. The Bertz CT molecular complexity index is 604. The molecule has 0 unspecified atom stereocenters. The minimum atomic E-state index is -0.294. The van der Waals surface area contributed by atoms with Crippen molar-refractivity contribution >= 4 is 11.7 Å². The van der Waals surface area contributed by atoms with E-state index in [-0.39, 0.29) is 11.9 Å². The van der Waals surface area contributed by atoms with Crippen LogP contribution in [0.2, 0.25) is 0 Å². The summed E-state index contributed by atoms with van der Waals surface area (Å²) in [5.41, 5.74) is 13.3. The van der Waals surface area contributed by atoms with E-state index in [1.807, 2.05) is 44.2 Å². The second-order valence-corrected chi connectivity index (χ2v) is 4.86. The number of anilines is 1. The van der Waals surface area contributed by atoms with E-state index in [1.165, 1.54) is 0 Å². The van der Waals surface area contributed by atoms with E-state index in [1.54, 1.807) is 11.6 Å². The molecular weight excluding hydrogens is 254 g/mol. The predicted octanol–water partition coefficient (Wildman–Crippen LogP) is 1.41. The van der Waals surface area contributed by atoms with Gasteiger partial charge in [0, 0.05) is 11.6 Å². The predicted molar refractivity (Wildman–Crippen MR) is 78.5 cm³/mol. The van der Waals surface area contributed by atoms with Crippen molar-refractivity contribution in [2.45, 2.75) is 26.8 Å². The summed E-state index contributed by atoms with van der Waals surface area (Å²) >= 11 is 0. The van der Waals surface area contributed by atoms with Gasteiger partial charge < -0.3 is 5.73 Å². The Labute approximate surface area is 117 Å². The molecule has 0 atom stereocenters. The fourth-order valence-corrected chi connectivity index (χ4v) is 1.76. The minimum Gasteiger partial charge on any atom is -0.383 e. The summed E-state index contributed by atoms with van der Waals surface area (Å²) in [5.74, 6) is 0.170. The number of carbonyl (C=O) groups is 1. The Morgan fingerprint density at radius 3 is 2.55 bits per heavy atom. The van der Waals surface area contributed by atoms with Crippen molar-refractivity contribution in [3.05, 3.63) is 41.6 Å². The third-order valence-corrected chi connectivity index (χ3v) is 2.86. The quantitative estimate of drug-likeness (QED) is 0.735. The molecular formula is C14H19N5O. The first kappa shape index (κ1) is 14.1. The van der Waals surface area contributed by atoms with Crippen molar-refractivity contribution in [2.75, 3.05) is 5.73 Å². The van der Waals surface area contributed by atoms with Crippen LogP contribution in [0.3, 0.4) is 0 Å². The van der Waals surface area contributed by atoms with Gasteiger partial charge in [-0.25, -0.2) is 10.1 Å². The van der Waals surface area contributed by atoms with Gasteiger partial charge in [0.05, 0.1) is 5.69 Å². The van der Waals surface area contributed by atoms with Crippen LogP contribution >= 0.6 is 0 Å². The number of benzene rings is 1. The number of nitrogens with two attached hydrogens (primary N) is 1. The summed E-state index contributed by atoms with van der Waals surface area (Å²) in [6, 6.07) is 9.62. The van der Waals surface area contributed by atoms with Crippen LogP contribution < -0.4 is 16.6 Å². The van der Waals surface area contributed by atoms with Crippen LogP contribution in [-0.4, -0.2) is 21.7 Å². The van der Waals surface area contributed by atoms with Crippen molar-refractivity contribution in [2.24, 2.45) is 0 Å². The number of para-hydroxylation sites is 1. The highest BCUT2D eigenvalue weighted by atomic mass is 16.2. The second-order valence-electron chi connectivity index (χ2n) is 4.86. The number of hydrazine groups is 1. The zero-order valence-corrected chi connectivity index (χ0v) is 11.8. The zero-order chi connectivity index (χ0) is 14.7. The molecule has 0 aliphatic heterocycles. The molecule has 1 amide bonds. The summed E-state index contributed by atoms with van der Waals surface area (Å²) in [6.45, 7) is 5.65. The number of hydrogen-bond donors (Lipinski definition) is 3. The zero-order valence-electron chi connectivity index (χ0n) is 11.8. The molecule has 0 radical (unpaired) electrons. The molecule has 0 saturated heterocycles. The van der Waals surface area contributed by atoms with Crippen molar-refractivity contribution in [1.29, 1.82) is 0 Å². The Morgan fingerprint density at radius 1 is 1.30 bits per heavy atom. The monoisotopic (exact) mass is 273 g/mol. The summed E-state index contributed by atoms with van der Waals surface area (Å²) in [4.78, 5) is 12.1. The van der Waals surface area contributed by atoms with E-state index in [2.05, 4.69) is 16.0 Å². The highest BCUT2D eigenvalue weighted by Crippen LogP contribution is 2.19. The van der Waals surface area contributed by atoms with Crippen molar-refractivity contribution < 1.29 is 4.79 Å². The van der Waals surface area contributed by atoms with Crippen LogP contribution in [0.1, 0.15) is 29.9 Å². The Balaban J connectivity index is 2.31. The maximum Gasteiger partial charge on any atom is 0.286 e. The van der Waals surface area contributed by atoms with E-state index in [4.69, 9.17) is 5.73 Å². The molecule has 0 spiro atoms. The van der Waals surface area contributed by atoms with E-state index in [0.717, 1.165) is 5.69 Å². The number of nitrogens with zero attached hydrogens (tertiary/aromatic N) is 2. The van der Waals surface area contributed by atoms with Crippen LogP contribution in [-0.2, 0) is 0 Å². The first-order valence-corrected chi connectivity index (χ1v) is 6.47. The largest absolute Gasteiger partial charge is 0.383 e. The third-order valence-electron chi connectivity index (χ3n) is 2.86. The molecule has 0 aliphatic rings. The topological polar surface area (TPSA) is 85.0 Å². The maximum absolute atomic E-state index is 12.1. The summed E-state index contributed by atoms with van der Waals surface area (Å²) in [5, 5.41) is 4.30. The van der Waals surface area contributed by atoms with Gasteiger partial charge in [0.1, 0.15) is 5.82 Å². The van der Waals surface area contributed by atoms with Gasteiger partial charge in [0.15, 0.2) is 5.69 Å². The summed E-state index contributed by atoms with van der Waals surface area (Å²) in [6.07, 6.45) is 0. The molecule has 4 N–H and O–H groups in total. The van der Waals surface area contributed by atoms with E-state index >= 15 is 0 Å². The fourth-order valence-electron chi connectivity index (χ4n) is 1.76. The van der Waals surface area contributed by atoms with Gasteiger partial charge in [-0.05, 0) is 32.9 Å². The molecule has 0 saturated carbocycles. The lowest BCUT2D eigenvalue weighted by atomic mass is 10.2. The van der Waals surface area contributed by atoms with Crippen LogP contribution in [0, 0.1) is 6.92 Å². The van der Waals surface area contributed by atoms with Crippen molar-refractivity contribution in [3.63, 3.8) is 0 Å². The minimum absolute atomic E-state index is 0.146. The lowest BCUT2D eigenvalue weighted by molar-refractivity contribution is 0.0921. The number of aromatic nitrogens is 2. The molecule has 2 aromatic rings. The SMILES string of the molecule is Cc1c(C(=O)NNC(C)C)nn(-c2ccccc2)c1N. The summed E-state index contributed by atoms with van der Waals surface area (Å²) < 4.78 is 1.57. The van der Waals surface area contributed by atoms with Gasteiger partial charge in [-0.2, -0.15) is 5.10 Å². The molecule has 0 fully saturated rings. The molecule has 6 heteroatoms. The Hall–Kier alpha value is -2.34. The second kappa shape index (κ2) is 5.75. The normalized spacial score (nSPS) is 10.8. The number of hydrogen-bond acceptors (Lipinski definition) is 4. The third kappa shape index (κ3) is 2.80. The van der Waals surface area contributed by atoms with Crippen LogP contribution in [0.25, 0.3) is 5.69 Å². The smallest absolute Gasteiger partial charge is 0.286 e. The fraction of sp³-hybridized carbons (Fsp3) is 0.286. The first-order valence-electron chi connectivity index (χ1n) is 6.47. The highest BCUT2D eigenvalue weighted by Gasteiger charge is 2.19. The lowest BCUT2D eigenvalue weighted by Crippen LogP contribution is -2.42. The van der Waals surface area contributed by atoms with Gasteiger partial charge in [-0.3, -0.25) is 10.2 Å². The van der Waals surface area contributed by atoms with Gasteiger partial charge in [-0.1, -0.05) is 18.2 Å². The molecule has 6 nitrogen and oxygen atoms in total.